The maximum absolute atomic E-state index is 12.3. The van der Waals surface area contributed by atoms with Gasteiger partial charge in [0.2, 0.25) is 5.91 Å². The lowest BCUT2D eigenvalue weighted by molar-refractivity contribution is -0.115. The molecule has 28 heavy (non-hydrogen) atoms. The van der Waals surface area contributed by atoms with Crippen LogP contribution in [0, 0.1) is 6.92 Å². The Hall–Kier alpha value is -3.06. The monoisotopic (exact) mass is 396 g/mol. The van der Waals surface area contributed by atoms with Crippen molar-refractivity contribution in [2.45, 2.75) is 20.0 Å². The molecule has 1 aliphatic heterocycles. The fourth-order valence-electron chi connectivity index (χ4n) is 2.84. The first-order valence-corrected chi connectivity index (χ1v) is 9.86. The van der Waals surface area contributed by atoms with Gasteiger partial charge in [-0.25, -0.2) is 4.98 Å². The number of hydrogen-bond donors (Lipinski definition) is 1. The van der Waals surface area contributed by atoms with Crippen LogP contribution in [0.5, 0.6) is 17.2 Å². The molecule has 0 radical (unpaired) electrons. The van der Waals surface area contributed by atoms with Crippen molar-refractivity contribution >= 4 is 22.9 Å². The molecule has 0 unspecified atom stereocenters. The van der Waals surface area contributed by atoms with Gasteiger partial charge in [0.15, 0.2) is 11.5 Å². The Balaban J connectivity index is 1.31. The van der Waals surface area contributed by atoms with Crippen LogP contribution in [0.1, 0.15) is 16.3 Å². The van der Waals surface area contributed by atoms with Crippen molar-refractivity contribution in [2.75, 3.05) is 18.5 Å². The summed E-state index contributed by atoms with van der Waals surface area (Å²) in [7, 11) is 0. The Kier molecular flexibility index (Phi) is 5.43. The first kappa shape index (κ1) is 18.3. The highest BCUT2D eigenvalue weighted by atomic mass is 32.1. The number of nitrogens with zero attached hydrogens (tertiary/aromatic N) is 1. The van der Waals surface area contributed by atoms with Crippen LogP contribution in [0.15, 0.2) is 47.8 Å². The van der Waals surface area contributed by atoms with Gasteiger partial charge < -0.3 is 19.5 Å². The molecule has 1 aromatic heterocycles. The number of carbonyl (C=O) groups excluding carboxylic acids is 1. The van der Waals surface area contributed by atoms with Crippen LogP contribution in [0.2, 0.25) is 0 Å². The van der Waals surface area contributed by atoms with E-state index in [0.29, 0.717) is 37.0 Å². The van der Waals surface area contributed by atoms with Crippen molar-refractivity contribution in [1.29, 1.82) is 0 Å². The zero-order chi connectivity index (χ0) is 19.3. The lowest BCUT2D eigenvalue weighted by atomic mass is 10.2. The Morgan fingerprint density at radius 1 is 1.18 bits per heavy atom. The summed E-state index contributed by atoms with van der Waals surface area (Å²) in [5.74, 6) is 2.02. The highest BCUT2D eigenvalue weighted by Crippen LogP contribution is 2.32. The lowest BCUT2D eigenvalue weighted by Gasteiger charge is -2.18. The third-order valence-electron chi connectivity index (χ3n) is 4.12. The summed E-state index contributed by atoms with van der Waals surface area (Å²) in [6.45, 7) is 3.46. The molecule has 0 aliphatic carbocycles. The van der Waals surface area contributed by atoms with E-state index in [0.717, 1.165) is 22.0 Å². The molecule has 1 N–H and O–H groups in total. The van der Waals surface area contributed by atoms with Crippen LogP contribution in [-0.4, -0.2) is 24.1 Å². The van der Waals surface area contributed by atoms with Gasteiger partial charge in [0.25, 0.3) is 0 Å². The smallest absolute Gasteiger partial charge is 0.230 e. The van der Waals surface area contributed by atoms with E-state index in [4.69, 9.17) is 14.2 Å². The molecule has 2 heterocycles. The van der Waals surface area contributed by atoms with Gasteiger partial charge in [-0.1, -0.05) is 12.1 Å². The Labute approximate surface area is 167 Å². The topological polar surface area (TPSA) is 69.7 Å². The highest BCUT2D eigenvalue weighted by molar-refractivity contribution is 7.09. The Bertz CT molecular complexity index is 986. The quantitative estimate of drug-likeness (QED) is 0.682. The van der Waals surface area contributed by atoms with E-state index in [2.05, 4.69) is 10.3 Å². The maximum Gasteiger partial charge on any atom is 0.230 e. The van der Waals surface area contributed by atoms with E-state index >= 15 is 0 Å². The molecule has 1 amide bonds. The van der Waals surface area contributed by atoms with E-state index in [9.17, 15) is 4.79 Å². The van der Waals surface area contributed by atoms with Gasteiger partial charge in [0.05, 0.1) is 12.1 Å². The molecule has 2 aromatic carbocycles. The summed E-state index contributed by atoms with van der Waals surface area (Å²) < 4.78 is 16.8. The molecule has 144 valence electrons. The minimum atomic E-state index is -0.131. The van der Waals surface area contributed by atoms with Crippen molar-refractivity contribution in [2.24, 2.45) is 0 Å². The number of nitrogens with one attached hydrogen (secondary N) is 1. The number of benzene rings is 2. The van der Waals surface area contributed by atoms with Crippen LogP contribution in [0.4, 0.5) is 5.69 Å². The van der Waals surface area contributed by atoms with Crippen LogP contribution in [-0.2, 0) is 17.8 Å². The number of ether oxygens (including phenoxy) is 3. The highest BCUT2D eigenvalue weighted by Gasteiger charge is 2.14. The minimum absolute atomic E-state index is 0.131. The fraction of sp³-hybridized carbons (Fsp3) is 0.238. The first-order chi connectivity index (χ1) is 13.7. The van der Waals surface area contributed by atoms with Gasteiger partial charge in [0.1, 0.15) is 30.6 Å². The van der Waals surface area contributed by atoms with Gasteiger partial charge in [-0.15, -0.1) is 11.3 Å². The summed E-state index contributed by atoms with van der Waals surface area (Å²) in [6.07, 6.45) is 0.204. The minimum Gasteiger partial charge on any atom is -0.486 e. The summed E-state index contributed by atoms with van der Waals surface area (Å²) in [5, 5.41) is 5.60. The molecular formula is C21H20N2O4S. The zero-order valence-corrected chi connectivity index (χ0v) is 16.3. The van der Waals surface area contributed by atoms with E-state index in [-0.39, 0.29) is 12.3 Å². The van der Waals surface area contributed by atoms with Gasteiger partial charge in [0, 0.05) is 17.1 Å². The van der Waals surface area contributed by atoms with E-state index in [1.54, 1.807) is 18.2 Å². The molecule has 1 aliphatic rings. The summed E-state index contributed by atoms with van der Waals surface area (Å²) in [6, 6.07) is 13.3. The second kappa shape index (κ2) is 8.31. The average Bonchev–Trinajstić information content (AvgIpc) is 3.13. The second-order valence-corrected chi connectivity index (χ2v) is 7.36. The van der Waals surface area contributed by atoms with Crippen LogP contribution in [0.3, 0.4) is 0 Å². The SMILES string of the molecule is Cc1cccc(OCc2nc(CC(=O)Nc3ccc4c(c3)OCCO4)cs2)c1. The predicted octanol–water partition coefficient (Wildman–Crippen LogP) is 3.98. The van der Waals surface area contributed by atoms with Crippen molar-refractivity contribution in [3.05, 3.63) is 64.1 Å². The molecule has 0 atom stereocenters. The van der Waals surface area contributed by atoms with Crippen LogP contribution in [0.25, 0.3) is 0 Å². The first-order valence-electron chi connectivity index (χ1n) is 8.98. The number of anilines is 1. The molecule has 0 spiro atoms. The standard InChI is InChI=1S/C21H20N2O4S/c1-14-3-2-4-17(9-14)27-12-21-23-16(13-28-21)11-20(24)22-15-5-6-18-19(10-15)26-8-7-25-18/h2-6,9-10,13H,7-8,11-12H2,1H3,(H,22,24). The zero-order valence-electron chi connectivity index (χ0n) is 15.4. The number of rotatable bonds is 6. The third-order valence-corrected chi connectivity index (χ3v) is 4.99. The van der Waals surface area contributed by atoms with Gasteiger partial charge in [-0.2, -0.15) is 0 Å². The molecular weight excluding hydrogens is 376 g/mol. The van der Waals surface area contributed by atoms with Gasteiger partial charge in [-0.05, 0) is 36.8 Å². The molecule has 0 fully saturated rings. The van der Waals surface area contributed by atoms with Gasteiger partial charge in [-0.3, -0.25) is 4.79 Å². The molecule has 0 saturated carbocycles. The molecule has 6 nitrogen and oxygen atoms in total. The lowest BCUT2D eigenvalue weighted by Crippen LogP contribution is -2.17. The average molecular weight is 396 g/mol. The number of aryl methyl sites for hydroxylation is 1. The molecule has 0 bridgehead atoms. The van der Waals surface area contributed by atoms with Crippen LogP contribution >= 0.6 is 11.3 Å². The van der Waals surface area contributed by atoms with E-state index in [1.807, 2.05) is 36.6 Å². The van der Waals surface area contributed by atoms with Crippen molar-refractivity contribution in [3.63, 3.8) is 0 Å². The number of hydrogen-bond acceptors (Lipinski definition) is 6. The summed E-state index contributed by atoms with van der Waals surface area (Å²) in [4.78, 5) is 16.8. The molecule has 4 rings (SSSR count). The normalized spacial score (nSPS) is 12.5. The van der Waals surface area contributed by atoms with Crippen molar-refractivity contribution in [1.82, 2.24) is 4.98 Å². The molecule has 3 aromatic rings. The largest absolute Gasteiger partial charge is 0.486 e. The summed E-state index contributed by atoms with van der Waals surface area (Å²) >= 11 is 1.49. The van der Waals surface area contributed by atoms with Crippen molar-refractivity contribution in [3.8, 4) is 17.2 Å². The second-order valence-electron chi connectivity index (χ2n) is 6.42. The third kappa shape index (κ3) is 4.61. The number of carbonyl (C=O) groups is 1. The van der Waals surface area contributed by atoms with E-state index < -0.39 is 0 Å². The van der Waals surface area contributed by atoms with Gasteiger partial charge >= 0.3 is 0 Å². The molecule has 0 saturated heterocycles. The number of thiazole rings is 1. The number of amides is 1. The maximum atomic E-state index is 12.3. The van der Waals surface area contributed by atoms with Crippen LogP contribution < -0.4 is 19.5 Å². The number of fused-ring (bicyclic) bond motifs is 1. The molecule has 7 heteroatoms. The summed E-state index contributed by atoms with van der Waals surface area (Å²) in [5.41, 5.74) is 2.54. The van der Waals surface area contributed by atoms with Crippen molar-refractivity contribution < 1.29 is 19.0 Å². The number of aromatic nitrogens is 1. The fourth-order valence-corrected chi connectivity index (χ4v) is 3.54. The Morgan fingerprint density at radius 2 is 2.04 bits per heavy atom. The van der Waals surface area contributed by atoms with E-state index in [1.165, 1.54) is 11.3 Å². The Morgan fingerprint density at radius 3 is 2.89 bits per heavy atom. The predicted molar refractivity (Wildman–Crippen MR) is 107 cm³/mol.